The van der Waals surface area contributed by atoms with E-state index < -0.39 is 0 Å². The zero-order valence-electron chi connectivity index (χ0n) is 5.66. The van der Waals surface area contributed by atoms with Gasteiger partial charge in [-0.15, -0.1) is 0 Å². The van der Waals surface area contributed by atoms with Crippen LogP contribution in [-0.2, 0) is 14.3 Å². The lowest BCUT2D eigenvalue weighted by Crippen LogP contribution is -2.26. The molecule has 0 bridgehead atoms. The number of ether oxygens (including phenoxy) is 2. The Labute approximate surface area is 54.3 Å². The maximum atomic E-state index is 10.1. The Morgan fingerprint density at radius 2 is 1.78 bits per heavy atom. The van der Waals surface area contributed by atoms with Gasteiger partial charge in [0.05, 0.1) is 0 Å². The Morgan fingerprint density at radius 3 is 2.00 bits per heavy atom. The van der Waals surface area contributed by atoms with Crippen molar-refractivity contribution in [1.29, 1.82) is 0 Å². The second-order valence-electron chi connectivity index (χ2n) is 1.53. The van der Waals surface area contributed by atoms with Crippen molar-refractivity contribution in [3.63, 3.8) is 0 Å². The Hall–Kier alpha value is -0.610. The number of nitrogens with zero attached hydrogens (tertiary/aromatic N) is 1. The normalized spacial score (nSPS) is 9.11. The maximum Gasteiger partial charge on any atom is 0.213 e. The molecule has 0 aromatic heterocycles. The van der Waals surface area contributed by atoms with E-state index in [0.717, 1.165) is 0 Å². The first-order chi connectivity index (χ1) is 4.35. The lowest BCUT2D eigenvalue weighted by atomic mass is 10.9. The van der Waals surface area contributed by atoms with Crippen molar-refractivity contribution < 1.29 is 14.3 Å². The highest BCUT2D eigenvalue weighted by atomic mass is 16.5. The summed E-state index contributed by atoms with van der Waals surface area (Å²) in [6.07, 6.45) is 0.674. The van der Waals surface area contributed by atoms with Gasteiger partial charge in [-0.2, -0.15) is 0 Å². The van der Waals surface area contributed by atoms with E-state index >= 15 is 0 Å². The molecule has 9 heavy (non-hydrogen) atoms. The van der Waals surface area contributed by atoms with Crippen molar-refractivity contribution in [2.24, 2.45) is 0 Å². The maximum absolute atomic E-state index is 10.1. The van der Waals surface area contributed by atoms with Crippen LogP contribution in [0.5, 0.6) is 0 Å². The molecule has 0 atom stereocenters. The molecule has 0 N–H and O–H groups in total. The van der Waals surface area contributed by atoms with Crippen LogP contribution in [0.3, 0.4) is 0 Å². The molecule has 0 spiro atoms. The van der Waals surface area contributed by atoms with Crippen LogP contribution in [0.15, 0.2) is 0 Å². The molecule has 0 fully saturated rings. The molecule has 0 rings (SSSR count). The van der Waals surface area contributed by atoms with Gasteiger partial charge in [0.15, 0.2) is 0 Å². The largest absolute Gasteiger partial charge is 0.364 e. The van der Waals surface area contributed by atoms with E-state index in [0.29, 0.717) is 6.41 Å². The van der Waals surface area contributed by atoms with Crippen molar-refractivity contribution in [3.05, 3.63) is 0 Å². The van der Waals surface area contributed by atoms with Gasteiger partial charge >= 0.3 is 0 Å². The van der Waals surface area contributed by atoms with Gasteiger partial charge in [0.1, 0.15) is 13.5 Å². The molecule has 0 saturated carbocycles. The smallest absolute Gasteiger partial charge is 0.213 e. The van der Waals surface area contributed by atoms with Gasteiger partial charge in [-0.3, -0.25) is 9.69 Å². The quantitative estimate of drug-likeness (QED) is 0.380. The van der Waals surface area contributed by atoms with E-state index in [1.165, 1.54) is 19.1 Å². The molecule has 0 aliphatic rings. The third-order valence-electron chi connectivity index (χ3n) is 0.739. The molecule has 0 unspecified atom stereocenters. The van der Waals surface area contributed by atoms with Gasteiger partial charge in [-0.05, 0) is 0 Å². The van der Waals surface area contributed by atoms with E-state index in [1.54, 1.807) is 0 Å². The summed E-state index contributed by atoms with van der Waals surface area (Å²) in [7, 11) is 3.04. The fraction of sp³-hybridized carbons (Fsp3) is 0.800. The van der Waals surface area contributed by atoms with E-state index in [1.807, 2.05) is 0 Å². The summed E-state index contributed by atoms with van der Waals surface area (Å²) in [6, 6.07) is 0. The average Bonchev–Trinajstić information content (AvgIpc) is 1.88. The second-order valence-corrected chi connectivity index (χ2v) is 1.53. The Bertz CT molecular complexity index is 70.6. The summed E-state index contributed by atoms with van der Waals surface area (Å²) in [4.78, 5) is 11.4. The minimum Gasteiger partial charge on any atom is -0.364 e. The van der Waals surface area contributed by atoms with Crippen LogP contribution in [0, 0.1) is 0 Å². The summed E-state index contributed by atoms with van der Waals surface area (Å²) >= 11 is 0. The Kier molecular flexibility index (Phi) is 5.15. The standard InChI is InChI=1S/C5H11NO3/c1-8-4-6(3-7)5-9-2/h3H,4-5H2,1-2H3. The van der Waals surface area contributed by atoms with Crippen LogP contribution in [0.2, 0.25) is 0 Å². The number of rotatable bonds is 5. The van der Waals surface area contributed by atoms with Gasteiger partial charge in [0, 0.05) is 14.2 Å². The average molecular weight is 133 g/mol. The van der Waals surface area contributed by atoms with Gasteiger partial charge in [0.25, 0.3) is 0 Å². The van der Waals surface area contributed by atoms with Crippen molar-refractivity contribution in [2.45, 2.75) is 0 Å². The van der Waals surface area contributed by atoms with Crippen molar-refractivity contribution >= 4 is 6.41 Å². The monoisotopic (exact) mass is 133 g/mol. The first-order valence-electron chi connectivity index (χ1n) is 2.52. The number of hydrogen-bond acceptors (Lipinski definition) is 3. The number of amides is 1. The summed E-state index contributed by atoms with van der Waals surface area (Å²) in [5.74, 6) is 0. The van der Waals surface area contributed by atoms with Crippen LogP contribution >= 0.6 is 0 Å². The first kappa shape index (κ1) is 8.39. The van der Waals surface area contributed by atoms with Gasteiger partial charge in [0.2, 0.25) is 6.41 Å². The van der Waals surface area contributed by atoms with Crippen LogP contribution in [-0.4, -0.2) is 39.0 Å². The molecule has 4 heteroatoms. The molecule has 1 amide bonds. The lowest BCUT2D eigenvalue weighted by Gasteiger charge is -2.13. The SMILES string of the molecule is COCN(C=O)COC. The number of hydrogen-bond donors (Lipinski definition) is 0. The predicted molar refractivity (Wildman–Crippen MR) is 31.7 cm³/mol. The zero-order valence-corrected chi connectivity index (χ0v) is 5.66. The molecular weight excluding hydrogens is 122 g/mol. The minimum atomic E-state index is 0.275. The van der Waals surface area contributed by atoms with E-state index in [9.17, 15) is 4.79 Å². The summed E-state index contributed by atoms with van der Waals surface area (Å²) < 4.78 is 9.32. The molecular formula is C5H11NO3. The van der Waals surface area contributed by atoms with Crippen LogP contribution < -0.4 is 0 Å². The first-order valence-corrected chi connectivity index (χ1v) is 2.52. The van der Waals surface area contributed by atoms with Gasteiger partial charge in [-0.1, -0.05) is 0 Å². The van der Waals surface area contributed by atoms with E-state index in [4.69, 9.17) is 0 Å². The summed E-state index contributed by atoms with van der Waals surface area (Å²) in [5, 5.41) is 0. The van der Waals surface area contributed by atoms with E-state index in [2.05, 4.69) is 9.47 Å². The van der Waals surface area contributed by atoms with Gasteiger partial charge in [-0.25, -0.2) is 0 Å². The van der Waals surface area contributed by atoms with Crippen molar-refractivity contribution in [3.8, 4) is 0 Å². The third-order valence-corrected chi connectivity index (χ3v) is 0.739. The highest BCUT2D eigenvalue weighted by Gasteiger charge is 1.95. The topological polar surface area (TPSA) is 38.8 Å². The number of methoxy groups -OCH3 is 2. The minimum absolute atomic E-state index is 0.275. The second kappa shape index (κ2) is 5.53. The zero-order chi connectivity index (χ0) is 7.11. The molecule has 0 radical (unpaired) electrons. The molecule has 0 heterocycles. The molecule has 0 aliphatic carbocycles. The highest BCUT2D eigenvalue weighted by molar-refractivity contribution is 5.46. The molecule has 0 aromatic rings. The van der Waals surface area contributed by atoms with Crippen LogP contribution in [0.25, 0.3) is 0 Å². The molecule has 0 saturated heterocycles. The van der Waals surface area contributed by atoms with E-state index in [-0.39, 0.29) is 13.5 Å². The number of carbonyl (C=O) groups excluding carboxylic acids is 1. The lowest BCUT2D eigenvalue weighted by molar-refractivity contribution is -0.128. The Balaban J connectivity index is 3.29. The summed E-state index contributed by atoms with van der Waals surface area (Å²) in [6.45, 7) is 0.550. The van der Waals surface area contributed by atoms with Crippen molar-refractivity contribution in [2.75, 3.05) is 27.7 Å². The molecule has 0 aliphatic heterocycles. The van der Waals surface area contributed by atoms with Crippen LogP contribution in [0.4, 0.5) is 0 Å². The van der Waals surface area contributed by atoms with Gasteiger partial charge < -0.3 is 9.47 Å². The predicted octanol–water partition coefficient (Wildman–Crippen LogP) is -0.347. The highest BCUT2D eigenvalue weighted by Crippen LogP contribution is 1.80. The molecule has 4 nitrogen and oxygen atoms in total. The fourth-order valence-electron chi connectivity index (χ4n) is 0.430. The summed E-state index contributed by atoms with van der Waals surface area (Å²) in [5.41, 5.74) is 0. The van der Waals surface area contributed by atoms with Crippen LogP contribution in [0.1, 0.15) is 0 Å². The fourth-order valence-corrected chi connectivity index (χ4v) is 0.430. The Morgan fingerprint density at radius 1 is 1.33 bits per heavy atom. The number of carbonyl (C=O) groups is 1. The third kappa shape index (κ3) is 3.93. The molecule has 54 valence electrons. The molecule has 0 aromatic carbocycles. The van der Waals surface area contributed by atoms with Crippen molar-refractivity contribution in [1.82, 2.24) is 4.90 Å².